The third-order valence-corrected chi connectivity index (χ3v) is 3.00. The summed E-state index contributed by atoms with van der Waals surface area (Å²) in [5, 5.41) is 0.885. The molecule has 17 heavy (non-hydrogen) atoms. The molecule has 2 aromatic rings. The van der Waals surface area contributed by atoms with Crippen molar-refractivity contribution in [3.8, 4) is 5.75 Å². The lowest BCUT2D eigenvalue weighted by molar-refractivity contribution is 0.415. The van der Waals surface area contributed by atoms with Gasteiger partial charge in [0.2, 0.25) is 0 Å². The Kier molecular flexibility index (Phi) is 2.33. The third kappa shape index (κ3) is 1.78. The Morgan fingerprint density at radius 2 is 2.18 bits per heavy atom. The molecule has 1 saturated carbocycles. The van der Waals surface area contributed by atoms with Crippen LogP contribution in [0.1, 0.15) is 24.6 Å². The van der Waals surface area contributed by atoms with Crippen molar-refractivity contribution >= 4 is 16.7 Å². The van der Waals surface area contributed by atoms with Gasteiger partial charge >= 0.3 is 0 Å². The maximum absolute atomic E-state index is 5.52. The first-order chi connectivity index (χ1) is 8.31. The second kappa shape index (κ2) is 3.85. The Hall–Kier alpha value is -1.88. The number of benzene rings is 1. The molecule has 0 aliphatic heterocycles. The highest BCUT2D eigenvalue weighted by atomic mass is 16.5. The van der Waals surface area contributed by atoms with E-state index in [9.17, 15) is 0 Å². The minimum atomic E-state index is 0.508. The topological polar surface area (TPSA) is 73.1 Å². The second-order valence-electron chi connectivity index (χ2n) is 4.23. The van der Waals surface area contributed by atoms with Gasteiger partial charge in [-0.15, -0.1) is 0 Å². The minimum Gasteiger partial charge on any atom is -0.497 e. The van der Waals surface area contributed by atoms with Crippen LogP contribution in [0.3, 0.4) is 0 Å². The number of nitrogens with one attached hydrogen (secondary N) is 1. The van der Waals surface area contributed by atoms with Crippen LogP contribution >= 0.6 is 0 Å². The third-order valence-electron chi connectivity index (χ3n) is 3.00. The Morgan fingerprint density at radius 3 is 2.82 bits per heavy atom. The van der Waals surface area contributed by atoms with Crippen molar-refractivity contribution in [2.45, 2.75) is 18.8 Å². The highest BCUT2D eigenvalue weighted by molar-refractivity contribution is 5.90. The first kappa shape index (κ1) is 10.3. The summed E-state index contributed by atoms with van der Waals surface area (Å²) < 4.78 is 5.19. The molecule has 1 aliphatic carbocycles. The van der Waals surface area contributed by atoms with Crippen LogP contribution < -0.4 is 16.0 Å². The molecule has 1 fully saturated rings. The Labute approximate surface area is 99.0 Å². The standard InChI is InChI=1S/C12H14N4O/c1-17-8-4-5-10-9(6-8)12(16-13)15-11(14-10)7-2-3-7/h4-7H,2-3,13H2,1H3,(H,14,15,16). The summed E-state index contributed by atoms with van der Waals surface area (Å²) in [4.78, 5) is 9.01. The molecule has 1 aromatic heterocycles. The molecule has 0 bridgehead atoms. The number of fused-ring (bicyclic) bond motifs is 1. The van der Waals surface area contributed by atoms with Gasteiger partial charge in [0.25, 0.3) is 0 Å². The maximum Gasteiger partial charge on any atom is 0.151 e. The van der Waals surface area contributed by atoms with Crippen LogP contribution in [0, 0.1) is 0 Å². The summed E-state index contributed by atoms with van der Waals surface area (Å²) >= 11 is 0. The quantitative estimate of drug-likeness (QED) is 0.621. The smallest absolute Gasteiger partial charge is 0.151 e. The minimum absolute atomic E-state index is 0.508. The molecule has 5 nitrogen and oxygen atoms in total. The number of anilines is 1. The molecule has 0 unspecified atom stereocenters. The number of rotatable bonds is 3. The number of aromatic nitrogens is 2. The highest BCUT2D eigenvalue weighted by Gasteiger charge is 2.27. The fourth-order valence-corrected chi connectivity index (χ4v) is 1.89. The number of hydrazine groups is 1. The van der Waals surface area contributed by atoms with Gasteiger partial charge in [0.1, 0.15) is 11.6 Å². The lowest BCUT2D eigenvalue weighted by atomic mass is 10.2. The van der Waals surface area contributed by atoms with Gasteiger partial charge in [-0.2, -0.15) is 0 Å². The van der Waals surface area contributed by atoms with E-state index in [1.165, 1.54) is 12.8 Å². The molecule has 1 aromatic carbocycles. The molecule has 0 atom stereocenters. The van der Waals surface area contributed by atoms with E-state index in [4.69, 9.17) is 10.6 Å². The predicted molar refractivity (Wildman–Crippen MR) is 65.9 cm³/mol. The van der Waals surface area contributed by atoms with Gasteiger partial charge in [-0.25, -0.2) is 15.8 Å². The normalized spacial score (nSPS) is 14.9. The molecule has 88 valence electrons. The average molecular weight is 230 g/mol. The Bertz CT molecular complexity index is 566. The van der Waals surface area contributed by atoms with Crippen molar-refractivity contribution in [3.63, 3.8) is 0 Å². The van der Waals surface area contributed by atoms with Crippen LogP contribution in [-0.2, 0) is 0 Å². The molecular weight excluding hydrogens is 216 g/mol. The zero-order valence-electron chi connectivity index (χ0n) is 9.60. The van der Waals surface area contributed by atoms with Crippen LogP contribution in [0.15, 0.2) is 18.2 Å². The van der Waals surface area contributed by atoms with Crippen LogP contribution in [0.5, 0.6) is 5.75 Å². The van der Waals surface area contributed by atoms with Gasteiger partial charge < -0.3 is 10.2 Å². The van der Waals surface area contributed by atoms with E-state index >= 15 is 0 Å². The largest absolute Gasteiger partial charge is 0.497 e. The number of ether oxygens (including phenoxy) is 1. The zero-order valence-corrected chi connectivity index (χ0v) is 9.60. The van der Waals surface area contributed by atoms with E-state index in [1.807, 2.05) is 18.2 Å². The number of methoxy groups -OCH3 is 1. The van der Waals surface area contributed by atoms with Gasteiger partial charge in [-0.1, -0.05) is 0 Å². The second-order valence-corrected chi connectivity index (χ2v) is 4.23. The summed E-state index contributed by atoms with van der Waals surface area (Å²) in [5.74, 6) is 8.35. The molecule has 5 heteroatoms. The van der Waals surface area contributed by atoms with Crippen molar-refractivity contribution < 1.29 is 4.74 Å². The molecule has 0 spiro atoms. The Morgan fingerprint density at radius 1 is 1.35 bits per heavy atom. The summed E-state index contributed by atoms with van der Waals surface area (Å²) in [6.45, 7) is 0. The summed E-state index contributed by atoms with van der Waals surface area (Å²) in [5.41, 5.74) is 3.54. The van der Waals surface area contributed by atoms with E-state index < -0.39 is 0 Å². The fraction of sp³-hybridized carbons (Fsp3) is 0.333. The van der Waals surface area contributed by atoms with Gasteiger partial charge in [-0.05, 0) is 31.0 Å². The van der Waals surface area contributed by atoms with E-state index in [0.29, 0.717) is 11.7 Å². The van der Waals surface area contributed by atoms with Gasteiger partial charge in [0, 0.05) is 11.3 Å². The fourth-order valence-electron chi connectivity index (χ4n) is 1.89. The lowest BCUT2D eigenvalue weighted by Gasteiger charge is -2.08. The van der Waals surface area contributed by atoms with E-state index in [1.54, 1.807) is 7.11 Å². The SMILES string of the molecule is COc1ccc2nc(C3CC3)nc(NN)c2c1. The van der Waals surface area contributed by atoms with Crippen molar-refractivity contribution in [2.24, 2.45) is 5.84 Å². The van der Waals surface area contributed by atoms with Crippen LogP contribution in [0.2, 0.25) is 0 Å². The van der Waals surface area contributed by atoms with Crippen LogP contribution in [0.25, 0.3) is 10.9 Å². The number of hydrogen-bond donors (Lipinski definition) is 2. The predicted octanol–water partition coefficient (Wildman–Crippen LogP) is 1.80. The van der Waals surface area contributed by atoms with E-state index in [-0.39, 0.29) is 0 Å². The van der Waals surface area contributed by atoms with Crippen LogP contribution in [0.4, 0.5) is 5.82 Å². The molecule has 0 saturated heterocycles. The van der Waals surface area contributed by atoms with E-state index in [0.717, 1.165) is 22.5 Å². The summed E-state index contributed by atoms with van der Waals surface area (Å²) in [6.07, 6.45) is 2.34. The monoisotopic (exact) mass is 230 g/mol. The molecule has 3 rings (SSSR count). The summed E-state index contributed by atoms with van der Waals surface area (Å²) in [6, 6.07) is 5.72. The van der Waals surface area contributed by atoms with Crippen molar-refractivity contribution in [1.29, 1.82) is 0 Å². The van der Waals surface area contributed by atoms with Gasteiger partial charge in [0.15, 0.2) is 5.82 Å². The van der Waals surface area contributed by atoms with Crippen molar-refractivity contribution in [2.75, 3.05) is 12.5 Å². The number of nitrogens with zero attached hydrogens (tertiary/aromatic N) is 2. The number of nitrogen functional groups attached to an aromatic ring is 1. The van der Waals surface area contributed by atoms with Gasteiger partial charge in [0.05, 0.1) is 12.6 Å². The molecule has 3 N–H and O–H groups in total. The maximum atomic E-state index is 5.52. The number of nitrogens with two attached hydrogens (primary N) is 1. The van der Waals surface area contributed by atoms with Crippen molar-refractivity contribution in [3.05, 3.63) is 24.0 Å². The van der Waals surface area contributed by atoms with Gasteiger partial charge in [-0.3, -0.25) is 0 Å². The summed E-state index contributed by atoms with van der Waals surface area (Å²) in [7, 11) is 1.64. The molecular formula is C12H14N4O. The average Bonchev–Trinajstić information content (AvgIpc) is 3.21. The molecule has 0 amide bonds. The van der Waals surface area contributed by atoms with Crippen molar-refractivity contribution in [1.82, 2.24) is 9.97 Å². The number of hydrogen-bond acceptors (Lipinski definition) is 5. The van der Waals surface area contributed by atoms with E-state index in [2.05, 4.69) is 15.4 Å². The molecule has 1 aliphatic rings. The lowest BCUT2D eigenvalue weighted by Crippen LogP contribution is -2.11. The first-order valence-electron chi connectivity index (χ1n) is 5.64. The molecule has 1 heterocycles. The zero-order chi connectivity index (χ0) is 11.8. The Balaban J connectivity index is 2.20. The van der Waals surface area contributed by atoms with Crippen LogP contribution in [-0.4, -0.2) is 17.1 Å². The molecule has 0 radical (unpaired) electrons. The highest BCUT2D eigenvalue weighted by Crippen LogP contribution is 2.39. The first-order valence-corrected chi connectivity index (χ1v) is 5.64.